The third-order valence-electron chi connectivity index (χ3n) is 2.50. The standard InChI is InChI=1S/C14H19NO4/c1-4-9-15(10-14(17)18-3)13(16)8-7-12-6-5-11(2)19-12/h5-8H,4,9-10H2,1-3H3. The molecule has 0 unspecified atom stereocenters. The number of hydrogen-bond donors (Lipinski definition) is 0. The first-order valence-corrected chi connectivity index (χ1v) is 6.17. The van der Waals surface area contributed by atoms with E-state index in [1.165, 1.54) is 18.1 Å². The highest BCUT2D eigenvalue weighted by Crippen LogP contribution is 2.08. The third kappa shape index (κ3) is 4.99. The average Bonchev–Trinajstić information content (AvgIpc) is 2.81. The fourth-order valence-corrected chi connectivity index (χ4v) is 1.56. The summed E-state index contributed by atoms with van der Waals surface area (Å²) in [4.78, 5) is 24.6. The van der Waals surface area contributed by atoms with Gasteiger partial charge in [0.2, 0.25) is 5.91 Å². The second kappa shape index (κ2) is 7.41. The Hall–Kier alpha value is -2.04. The van der Waals surface area contributed by atoms with Crippen LogP contribution in [0.4, 0.5) is 0 Å². The van der Waals surface area contributed by atoms with Crippen LogP contribution in [0.15, 0.2) is 22.6 Å². The van der Waals surface area contributed by atoms with Gasteiger partial charge in [0.15, 0.2) is 0 Å². The molecule has 0 bridgehead atoms. The van der Waals surface area contributed by atoms with Crippen molar-refractivity contribution in [1.82, 2.24) is 4.90 Å². The number of rotatable bonds is 6. The topological polar surface area (TPSA) is 59.8 Å². The van der Waals surface area contributed by atoms with Gasteiger partial charge in [0.05, 0.1) is 7.11 Å². The summed E-state index contributed by atoms with van der Waals surface area (Å²) in [5.74, 6) is 0.734. The number of aryl methyl sites for hydroxylation is 1. The molecule has 0 saturated heterocycles. The summed E-state index contributed by atoms with van der Waals surface area (Å²) in [6, 6.07) is 3.60. The Morgan fingerprint density at radius 1 is 1.42 bits per heavy atom. The maximum Gasteiger partial charge on any atom is 0.325 e. The molecule has 0 radical (unpaired) electrons. The first kappa shape index (κ1) is 15.0. The molecule has 0 N–H and O–H groups in total. The van der Waals surface area contributed by atoms with Gasteiger partial charge in [0, 0.05) is 12.6 Å². The molecular formula is C14H19NO4. The molecule has 0 saturated carbocycles. The predicted molar refractivity (Wildman–Crippen MR) is 71.4 cm³/mol. The largest absolute Gasteiger partial charge is 0.468 e. The maximum absolute atomic E-state index is 12.0. The molecule has 0 atom stereocenters. The summed E-state index contributed by atoms with van der Waals surface area (Å²) in [6.45, 7) is 4.25. The van der Waals surface area contributed by atoms with Crippen LogP contribution in [0.2, 0.25) is 0 Å². The number of hydrogen-bond acceptors (Lipinski definition) is 4. The number of ether oxygens (including phenoxy) is 1. The zero-order chi connectivity index (χ0) is 14.3. The molecule has 0 aliphatic heterocycles. The minimum absolute atomic E-state index is 0.0370. The molecule has 19 heavy (non-hydrogen) atoms. The Kier molecular flexibility index (Phi) is 5.85. The predicted octanol–water partition coefficient (Wildman–Crippen LogP) is 2.01. The molecule has 0 aliphatic rings. The lowest BCUT2D eigenvalue weighted by Gasteiger charge is -2.18. The molecule has 0 spiro atoms. The van der Waals surface area contributed by atoms with Gasteiger partial charge in [-0.25, -0.2) is 0 Å². The molecule has 0 fully saturated rings. The van der Waals surface area contributed by atoms with Gasteiger partial charge in [-0.15, -0.1) is 0 Å². The third-order valence-corrected chi connectivity index (χ3v) is 2.50. The summed E-state index contributed by atoms with van der Waals surface area (Å²) in [5, 5.41) is 0. The van der Waals surface area contributed by atoms with Gasteiger partial charge in [-0.05, 0) is 31.6 Å². The van der Waals surface area contributed by atoms with Gasteiger partial charge in [0.25, 0.3) is 0 Å². The molecule has 0 aromatic carbocycles. The van der Waals surface area contributed by atoms with Crippen molar-refractivity contribution in [3.05, 3.63) is 29.7 Å². The number of amides is 1. The van der Waals surface area contributed by atoms with Crippen molar-refractivity contribution in [2.45, 2.75) is 20.3 Å². The van der Waals surface area contributed by atoms with Gasteiger partial charge < -0.3 is 14.1 Å². The smallest absolute Gasteiger partial charge is 0.325 e. The second-order valence-corrected chi connectivity index (χ2v) is 4.12. The molecule has 5 nitrogen and oxygen atoms in total. The highest BCUT2D eigenvalue weighted by atomic mass is 16.5. The molecule has 1 aromatic heterocycles. The summed E-state index contributed by atoms with van der Waals surface area (Å²) in [7, 11) is 1.30. The summed E-state index contributed by atoms with van der Waals surface area (Å²) < 4.78 is 9.89. The van der Waals surface area contributed by atoms with Crippen molar-refractivity contribution in [1.29, 1.82) is 0 Å². The number of furan rings is 1. The van der Waals surface area contributed by atoms with E-state index in [9.17, 15) is 9.59 Å². The fourth-order valence-electron chi connectivity index (χ4n) is 1.56. The summed E-state index contributed by atoms with van der Waals surface area (Å²) >= 11 is 0. The zero-order valence-corrected chi connectivity index (χ0v) is 11.5. The van der Waals surface area contributed by atoms with E-state index in [1.54, 1.807) is 12.1 Å². The first-order valence-electron chi connectivity index (χ1n) is 6.17. The quantitative estimate of drug-likeness (QED) is 0.583. The Morgan fingerprint density at radius 3 is 2.68 bits per heavy atom. The molecule has 5 heteroatoms. The lowest BCUT2D eigenvalue weighted by molar-refractivity contribution is -0.145. The molecule has 1 aromatic rings. The lowest BCUT2D eigenvalue weighted by atomic mass is 10.3. The van der Waals surface area contributed by atoms with Crippen LogP contribution < -0.4 is 0 Å². The fraction of sp³-hybridized carbons (Fsp3) is 0.429. The normalized spacial score (nSPS) is 10.7. The average molecular weight is 265 g/mol. The summed E-state index contributed by atoms with van der Waals surface area (Å²) in [5.41, 5.74) is 0. The molecule has 1 amide bonds. The van der Waals surface area contributed by atoms with Crippen LogP contribution in [0.5, 0.6) is 0 Å². The molecule has 1 rings (SSSR count). The van der Waals surface area contributed by atoms with Crippen molar-refractivity contribution in [2.75, 3.05) is 20.2 Å². The number of carbonyl (C=O) groups is 2. The monoisotopic (exact) mass is 265 g/mol. The van der Waals surface area contributed by atoms with Gasteiger partial charge in [-0.2, -0.15) is 0 Å². The van der Waals surface area contributed by atoms with E-state index < -0.39 is 5.97 Å². The number of carbonyl (C=O) groups excluding carboxylic acids is 2. The molecule has 104 valence electrons. The van der Waals surface area contributed by atoms with Gasteiger partial charge in [0.1, 0.15) is 18.1 Å². The van der Waals surface area contributed by atoms with Crippen LogP contribution in [-0.4, -0.2) is 37.0 Å². The Balaban J connectivity index is 2.65. The van der Waals surface area contributed by atoms with Crippen molar-refractivity contribution in [3.63, 3.8) is 0 Å². The van der Waals surface area contributed by atoms with E-state index in [1.807, 2.05) is 19.9 Å². The van der Waals surface area contributed by atoms with Gasteiger partial charge in [-0.1, -0.05) is 6.92 Å². The Morgan fingerprint density at radius 2 is 2.16 bits per heavy atom. The van der Waals surface area contributed by atoms with E-state index in [0.717, 1.165) is 12.2 Å². The Bertz CT molecular complexity index is 462. The van der Waals surface area contributed by atoms with E-state index >= 15 is 0 Å². The first-order chi connectivity index (χ1) is 9.06. The molecular weight excluding hydrogens is 246 g/mol. The highest BCUT2D eigenvalue weighted by molar-refractivity contribution is 5.93. The van der Waals surface area contributed by atoms with Crippen molar-refractivity contribution < 1.29 is 18.7 Å². The van der Waals surface area contributed by atoms with Crippen LogP contribution in [0.25, 0.3) is 6.08 Å². The minimum Gasteiger partial charge on any atom is -0.468 e. The summed E-state index contributed by atoms with van der Waals surface area (Å²) in [6.07, 6.45) is 3.77. The van der Waals surface area contributed by atoms with Crippen LogP contribution in [0.1, 0.15) is 24.9 Å². The van der Waals surface area contributed by atoms with E-state index in [-0.39, 0.29) is 12.5 Å². The van der Waals surface area contributed by atoms with E-state index in [0.29, 0.717) is 12.3 Å². The maximum atomic E-state index is 12.0. The van der Waals surface area contributed by atoms with E-state index in [4.69, 9.17) is 4.42 Å². The Labute approximate surface area is 112 Å². The molecule has 1 heterocycles. The van der Waals surface area contributed by atoms with Crippen LogP contribution in [0, 0.1) is 6.92 Å². The zero-order valence-electron chi connectivity index (χ0n) is 11.5. The van der Waals surface area contributed by atoms with Gasteiger partial charge >= 0.3 is 5.97 Å². The van der Waals surface area contributed by atoms with E-state index in [2.05, 4.69) is 4.74 Å². The lowest BCUT2D eigenvalue weighted by Crippen LogP contribution is -2.35. The van der Waals surface area contributed by atoms with Crippen LogP contribution in [0.3, 0.4) is 0 Å². The van der Waals surface area contributed by atoms with Crippen LogP contribution >= 0.6 is 0 Å². The highest BCUT2D eigenvalue weighted by Gasteiger charge is 2.14. The SMILES string of the molecule is CCCN(CC(=O)OC)C(=O)C=Cc1ccc(C)o1. The minimum atomic E-state index is -0.427. The van der Waals surface area contributed by atoms with Crippen molar-refractivity contribution in [2.24, 2.45) is 0 Å². The molecule has 0 aliphatic carbocycles. The van der Waals surface area contributed by atoms with Crippen molar-refractivity contribution >= 4 is 18.0 Å². The number of methoxy groups -OCH3 is 1. The second-order valence-electron chi connectivity index (χ2n) is 4.12. The number of esters is 1. The van der Waals surface area contributed by atoms with Crippen molar-refractivity contribution in [3.8, 4) is 0 Å². The van der Waals surface area contributed by atoms with Crippen LogP contribution in [-0.2, 0) is 14.3 Å². The van der Waals surface area contributed by atoms with Gasteiger partial charge in [-0.3, -0.25) is 9.59 Å². The number of nitrogens with zero attached hydrogens (tertiary/aromatic N) is 1.